The molecule has 118 valence electrons. The molecular formula is C16H28N4O. The van der Waals surface area contributed by atoms with Gasteiger partial charge in [-0.25, -0.2) is 0 Å². The number of likely N-dealkylation sites (N-methyl/N-ethyl adjacent to an activating group) is 1. The zero-order valence-corrected chi connectivity index (χ0v) is 13.7. The molecule has 0 saturated carbocycles. The van der Waals surface area contributed by atoms with Gasteiger partial charge < -0.3 is 21.3 Å². The molecule has 21 heavy (non-hydrogen) atoms. The van der Waals surface area contributed by atoms with Gasteiger partial charge >= 0.3 is 0 Å². The lowest BCUT2D eigenvalue weighted by molar-refractivity contribution is 0.0956. The van der Waals surface area contributed by atoms with Crippen LogP contribution in [0.2, 0.25) is 0 Å². The number of nitrogens with one attached hydrogen (secondary N) is 2. The van der Waals surface area contributed by atoms with Gasteiger partial charge in [-0.3, -0.25) is 4.79 Å². The van der Waals surface area contributed by atoms with Crippen LogP contribution in [0.4, 0.5) is 11.4 Å². The topological polar surface area (TPSA) is 70.4 Å². The summed E-state index contributed by atoms with van der Waals surface area (Å²) in [4.78, 5) is 13.9. The SMILES string of the molecule is CCNC(=O)c1ccc(NC(CN(C)C)C(C)C)c(N)c1. The highest BCUT2D eigenvalue weighted by Crippen LogP contribution is 2.22. The number of hydrogen-bond acceptors (Lipinski definition) is 4. The molecule has 0 aromatic heterocycles. The molecule has 0 saturated heterocycles. The Kier molecular flexibility index (Phi) is 6.49. The van der Waals surface area contributed by atoms with Crippen LogP contribution in [0.3, 0.4) is 0 Å². The predicted molar refractivity (Wildman–Crippen MR) is 89.7 cm³/mol. The first-order valence-electron chi connectivity index (χ1n) is 7.44. The highest BCUT2D eigenvalue weighted by Gasteiger charge is 2.16. The molecule has 5 nitrogen and oxygen atoms in total. The van der Waals surface area contributed by atoms with Gasteiger partial charge in [-0.15, -0.1) is 0 Å². The summed E-state index contributed by atoms with van der Waals surface area (Å²) in [5, 5.41) is 6.25. The van der Waals surface area contributed by atoms with Crippen molar-refractivity contribution >= 4 is 17.3 Å². The lowest BCUT2D eigenvalue weighted by Gasteiger charge is -2.27. The average molecular weight is 292 g/mol. The van der Waals surface area contributed by atoms with Gasteiger partial charge in [0.2, 0.25) is 0 Å². The Hall–Kier alpha value is -1.75. The number of nitrogens with zero attached hydrogens (tertiary/aromatic N) is 1. The van der Waals surface area contributed by atoms with E-state index in [2.05, 4.69) is 43.5 Å². The van der Waals surface area contributed by atoms with Crippen LogP contribution in [-0.2, 0) is 0 Å². The second-order valence-electron chi connectivity index (χ2n) is 5.92. The standard InChI is InChI=1S/C16H28N4O/c1-6-18-16(21)12-7-8-14(13(17)9-12)19-15(11(2)3)10-20(4)5/h7-9,11,15,19H,6,10,17H2,1-5H3,(H,18,21). The lowest BCUT2D eigenvalue weighted by atomic mass is 10.0. The second kappa shape index (κ2) is 7.88. The van der Waals surface area contributed by atoms with Gasteiger partial charge in [0, 0.05) is 24.7 Å². The fourth-order valence-electron chi connectivity index (χ4n) is 2.11. The highest BCUT2D eigenvalue weighted by molar-refractivity contribution is 5.96. The molecule has 0 bridgehead atoms. The number of nitrogens with two attached hydrogens (primary N) is 1. The average Bonchev–Trinajstić information content (AvgIpc) is 2.39. The third kappa shape index (κ3) is 5.27. The lowest BCUT2D eigenvalue weighted by Crippen LogP contribution is -2.36. The van der Waals surface area contributed by atoms with E-state index in [0.29, 0.717) is 29.8 Å². The number of benzene rings is 1. The van der Waals surface area contributed by atoms with Crippen molar-refractivity contribution in [1.29, 1.82) is 0 Å². The smallest absolute Gasteiger partial charge is 0.251 e. The quantitative estimate of drug-likeness (QED) is 0.672. The summed E-state index contributed by atoms with van der Waals surface area (Å²) in [6.45, 7) is 7.79. The Morgan fingerprint density at radius 2 is 2.00 bits per heavy atom. The minimum Gasteiger partial charge on any atom is -0.397 e. The van der Waals surface area contributed by atoms with Crippen LogP contribution in [0.1, 0.15) is 31.1 Å². The van der Waals surface area contributed by atoms with E-state index in [-0.39, 0.29) is 5.91 Å². The van der Waals surface area contributed by atoms with Crippen LogP contribution in [0.25, 0.3) is 0 Å². The number of rotatable bonds is 7. The molecule has 0 spiro atoms. The van der Waals surface area contributed by atoms with E-state index >= 15 is 0 Å². The molecule has 0 fully saturated rings. The molecule has 1 aromatic rings. The van der Waals surface area contributed by atoms with Crippen molar-refractivity contribution in [3.05, 3.63) is 23.8 Å². The third-order valence-electron chi connectivity index (χ3n) is 3.36. The molecule has 1 unspecified atom stereocenters. The van der Waals surface area contributed by atoms with Gasteiger partial charge in [0.15, 0.2) is 0 Å². The fraction of sp³-hybridized carbons (Fsp3) is 0.562. The summed E-state index contributed by atoms with van der Waals surface area (Å²) >= 11 is 0. The molecule has 0 aliphatic rings. The number of amides is 1. The number of anilines is 2. The van der Waals surface area contributed by atoms with Crippen molar-refractivity contribution in [2.45, 2.75) is 26.8 Å². The zero-order chi connectivity index (χ0) is 16.0. The van der Waals surface area contributed by atoms with Crippen LogP contribution in [0.5, 0.6) is 0 Å². The monoisotopic (exact) mass is 292 g/mol. The molecule has 4 N–H and O–H groups in total. The third-order valence-corrected chi connectivity index (χ3v) is 3.36. The maximum absolute atomic E-state index is 11.8. The van der Waals surface area contributed by atoms with Gasteiger partial charge in [0.1, 0.15) is 0 Å². The van der Waals surface area contributed by atoms with E-state index in [1.165, 1.54) is 0 Å². The molecule has 0 aliphatic heterocycles. The molecule has 1 amide bonds. The van der Waals surface area contributed by atoms with Gasteiger partial charge in [0.05, 0.1) is 11.4 Å². The maximum Gasteiger partial charge on any atom is 0.251 e. The first-order chi connectivity index (χ1) is 9.85. The van der Waals surface area contributed by atoms with Gasteiger partial charge in [-0.05, 0) is 45.1 Å². The Bertz CT molecular complexity index is 471. The summed E-state index contributed by atoms with van der Waals surface area (Å²) in [7, 11) is 4.11. The Balaban J connectivity index is 2.86. The highest BCUT2D eigenvalue weighted by atomic mass is 16.1. The van der Waals surface area contributed by atoms with Crippen LogP contribution in [-0.4, -0.2) is 44.0 Å². The summed E-state index contributed by atoms with van der Waals surface area (Å²) in [5.74, 6) is 0.388. The first kappa shape index (κ1) is 17.3. The Labute approximate surface area is 127 Å². The van der Waals surface area contributed by atoms with Crippen molar-refractivity contribution in [3.8, 4) is 0 Å². The van der Waals surface area contributed by atoms with Gasteiger partial charge in [0.25, 0.3) is 5.91 Å². The normalized spacial score (nSPS) is 12.5. The summed E-state index contributed by atoms with van der Waals surface area (Å²) in [5.41, 5.74) is 8.15. The molecule has 0 radical (unpaired) electrons. The zero-order valence-electron chi connectivity index (χ0n) is 13.7. The van der Waals surface area contributed by atoms with Crippen molar-refractivity contribution in [3.63, 3.8) is 0 Å². The van der Waals surface area contributed by atoms with Crippen LogP contribution in [0.15, 0.2) is 18.2 Å². The van der Waals surface area contributed by atoms with Crippen molar-refractivity contribution in [1.82, 2.24) is 10.2 Å². The number of nitrogen functional groups attached to an aromatic ring is 1. The first-order valence-corrected chi connectivity index (χ1v) is 7.44. The van der Waals surface area contributed by atoms with Crippen LogP contribution >= 0.6 is 0 Å². The molecule has 0 heterocycles. The molecule has 1 aromatic carbocycles. The van der Waals surface area contributed by atoms with Gasteiger partial charge in [-0.2, -0.15) is 0 Å². The number of carbonyl (C=O) groups is 1. The minimum absolute atomic E-state index is 0.0931. The number of carbonyl (C=O) groups excluding carboxylic acids is 1. The van der Waals surface area contributed by atoms with E-state index in [0.717, 1.165) is 12.2 Å². The molecule has 0 aliphatic carbocycles. The number of hydrogen-bond donors (Lipinski definition) is 3. The van der Waals surface area contributed by atoms with E-state index in [4.69, 9.17) is 5.73 Å². The van der Waals surface area contributed by atoms with Crippen molar-refractivity contribution in [2.24, 2.45) is 5.92 Å². The fourth-order valence-corrected chi connectivity index (χ4v) is 2.11. The summed E-state index contributed by atoms with van der Waals surface area (Å²) in [6, 6.07) is 5.71. The van der Waals surface area contributed by atoms with E-state index in [1.807, 2.05) is 13.0 Å². The molecule has 1 atom stereocenters. The largest absolute Gasteiger partial charge is 0.397 e. The van der Waals surface area contributed by atoms with E-state index in [9.17, 15) is 4.79 Å². The molecular weight excluding hydrogens is 264 g/mol. The predicted octanol–water partition coefficient (Wildman–Crippen LogP) is 2.02. The summed E-state index contributed by atoms with van der Waals surface area (Å²) < 4.78 is 0. The van der Waals surface area contributed by atoms with Crippen molar-refractivity contribution < 1.29 is 4.79 Å². The van der Waals surface area contributed by atoms with Gasteiger partial charge in [-0.1, -0.05) is 13.8 Å². The van der Waals surface area contributed by atoms with Crippen LogP contribution in [0, 0.1) is 5.92 Å². The second-order valence-corrected chi connectivity index (χ2v) is 5.92. The van der Waals surface area contributed by atoms with E-state index < -0.39 is 0 Å². The molecule has 5 heteroatoms. The van der Waals surface area contributed by atoms with Crippen LogP contribution < -0.4 is 16.4 Å². The maximum atomic E-state index is 11.8. The Morgan fingerprint density at radius 3 is 2.48 bits per heavy atom. The minimum atomic E-state index is -0.0931. The molecule has 1 rings (SSSR count). The van der Waals surface area contributed by atoms with Crippen molar-refractivity contribution in [2.75, 3.05) is 38.2 Å². The summed E-state index contributed by atoms with van der Waals surface area (Å²) in [6.07, 6.45) is 0. The Morgan fingerprint density at radius 1 is 1.33 bits per heavy atom. The van der Waals surface area contributed by atoms with E-state index in [1.54, 1.807) is 12.1 Å².